The number of hydrogen-bond acceptors (Lipinski definition) is 12. The SMILES string of the molecule is CC(C)(C)OC(=O)Nc1cnc2ccc(=O)n(CC3OCCO3)c2c1.CN(C(=O)OC(C)(C)C)c1cnc2ccc(=O)n(CC3OCCO3)c2c1. The zero-order valence-electron chi connectivity index (χ0n) is 29.8. The Hall–Kier alpha value is -4.90. The maximum Gasteiger partial charge on any atom is 0.414 e. The molecule has 16 nitrogen and oxygen atoms in total. The lowest BCUT2D eigenvalue weighted by Crippen LogP contribution is -2.34. The molecule has 0 aliphatic carbocycles. The van der Waals surface area contributed by atoms with Gasteiger partial charge in [-0.15, -0.1) is 0 Å². The van der Waals surface area contributed by atoms with Crippen molar-refractivity contribution in [3.05, 3.63) is 69.5 Å². The third-order valence-electron chi connectivity index (χ3n) is 7.41. The second-order valence-electron chi connectivity index (χ2n) is 13.8. The number of amides is 2. The van der Waals surface area contributed by atoms with Crippen molar-refractivity contribution in [2.75, 3.05) is 43.7 Å². The Balaban J connectivity index is 0.000000198. The lowest BCUT2D eigenvalue weighted by molar-refractivity contribution is -0.0525. The van der Waals surface area contributed by atoms with Crippen molar-refractivity contribution in [1.29, 1.82) is 0 Å². The fourth-order valence-electron chi connectivity index (χ4n) is 5.13. The molecule has 2 aliphatic rings. The molecule has 0 unspecified atom stereocenters. The lowest BCUT2D eigenvalue weighted by Gasteiger charge is -2.24. The van der Waals surface area contributed by atoms with Crippen LogP contribution in [-0.2, 0) is 41.5 Å². The summed E-state index contributed by atoms with van der Waals surface area (Å²) in [5.41, 5.74) is 1.84. The average molecular weight is 709 g/mol. The van der Waals surface area contributed by atoms with Crippen LogP contribution in [0.5, 0.6) is 0 Å². The predicted octanol–water partition coefficient (Wildman–Crippen LogP) is 4.26. The minimum absolute atomic E-state index is 0.185. The summed E-state index contributed by atoms with van der Waals surface area (Å²) in [6.45, 7) is 13.3. The highest BCUT2D eigenvalue weighted by atomic mass is 16.7. The standard InChI is InChI=1S/C18H23N3O5.C17H21N3O5/c1-18(2,3)26-17(23)20(4)12-9-14-13(19-10-12)5-6-15(22)21(14)11-16-24-7-8-25-16;1-17(2,3)25-16(22)19-11-8-13-12(18-9-11)4-5-14(21)20(13)10-15-23-6-7-24-15/h5-6,9-10,16H,7-8,11H2,1-4H3;4-5,8-9,15H,6-7,10H2,1-3H3,(H,19,22). The minimum Gasteiger partial charge on any atom is -0.444 e. The van der Waals surface area contributed by atoms with E-state index in [-0.39, 0.29) is 24.2 Å². The van der Waals surface area contributed by atoms with Crippen LogP contribution < -0.4 is 21.3 Å². The van der Waals surface area contributed by atoms with Crippen LogP contribution in [0.4, 0.5) is 21.0 Å². The first-order valence-corrected chi connectivity index (χ1v) is 16.5. The molecule has 16 heteroatoms. The van der Waals surface area contributed by atoms with Crippen LogP contribution in [0.2, 0.25) is 0 Å². The molecule has 0 spiro atoms. The molecule has 6 heterocycles. The minimum atomic E-state index is -0.604. The maximum absolute atomic E-state index is 12.3. The smallest absolute Gasteiger partial charge is 0.414 e. The van der Waals surface area contributed by atoms with Gasteiger partial charge in [0.25, 0.3) is 11.1 Å². The Bertz CT molecular complexity index is 1990. The number of fused-ring (bicyclic) bond motifs is 2. The van der Waals surface area contributed by atoms with Crippen molar-refractivity contribution in [2.45, 2.75) is 78.4 Å². The Kier molecular flexibility index (Phi) is 11.4. The van der Waals surface area contributed by atoms with Crippen molar-refractivity contribution in [3.63, 3.8) is 0 Å². The average Bonchev–Trinajstić information content (AvgIpc) is 3.77. The molecule has 4 aromatic heterocycles. The van der Waals surface area contributed by atoms with E-state index in [0.29, 0.717) is 59.9 Å². The van der Waals surface area contributed by atoms with E-state index in [9.17, 15) is 19.2 Å². The van der Waals surface area contributed by atoms with Gasteiger partial charge >= 0.3 is 12.2 Å². The van der Waals surface area contributed by atoms with Gasteiger partial charge in [0, 0.05) is 19.2 Å². The number of carbonyl (C=O) groups excluding carboxylic acids is 2. The molecule has 1 N–H and O–H groups in total. The third kappa shape index (κ3) is 10.1. The van der Waals surface area contributed by atoms with Crippen molar-refractivity contribution in [2.24, 2.45) is 0 Å². The summed E-state index contributed by atoms with van der Waals surface area (Å²) in [5.74, 6) is 0. The summed E-state index contributed by atoms with van der Waals surface area (Å²) in [4.78, 5) is 58.8. The van der Waals surface area contributed by atoms with E-state index in [1.165, 1.54) is 27.8 Å². The molecule has 0 saturated carbocycles. The van der Waals surface area contributed by atoms with Crippen molar-refractivity contribution in [3.8, 4) is 0 Å². The highest BCUT2D eigenvalue weighted by Crippen LogP contribution is 2.22. The van der Waals surface area contributed by atoms with Crippen molar-refractivity contribution >= 4 is 45.6 Å². The molecule has 0 atom stereocenters. The van der Waals surface area contributed by atoms with Gasteiger partial charge in [-0.1, -0.05) is 0 Å². The van der Waals surface area contributed by atoms with Crippen LogP contribution in [0.15, 0.2) is 58.4 Å². The van der Waals surface area contributed by atoms with Gasteiger partial charge in [0.2, 0.25) is 0 Å². The number of nitrogens with zero attached hydrogens (tertiary/aromatic N) is 5. The van der Waals surface area contributed by atoms with Crippen LogP contribution in [0.1, 0.15) is 41.5 Å². The van der Waals surface area contributed by atoms with E-state index in [1.54, 1.807) is 83.6 Å². The van der Waals surface area contributed by atoms with E-state index in [2.05, 4.69) is 15.3 Å². The first-order chi connectivity index (χ1) is 24.1. The van der Waals surface area contributed by atoms with E-state index in [4.69, 9.17) is 28.4 Å². The molecule has 2 aliphatic heterocycles. The number of nitrogens with one attached hydrogen (secondary N) is 1. The van der Waals surface area contributed by atoms with Gasteiger partial charge in [-0.3, -0.25) is 29.8 Å². The predicted molar refractivity (Wildman–Crippen MR) is 188 cm³/mol. The first kappa shape index (κ1) is 37.4. The molecular formula is C35H44N6O10. The molecule has 51 heavy (non-hydrogen) atoms. The molecule has 4 aromatic rings. The largest absolute Gasteiger partial charge is 0.444 e. The summed E-state index contributed by atoms with van der Waals surface area (Å²) in [6, 6.07) is 9.63. The zero-order valence-corrected chi connectivity index (χ0v) is 29.8. The van der Waals surface area contributed by atoms with Gasteiger partial charge < -0.3 is 37.6 Å². The van der Waals surface area contributed by atoms with Crippen LogP contribution in [-0.4, -0.2) is 88.5 Å². The summed E-state index contributed by atoms with van der Waals surface area (Å²) >= 11 is 0. The number of aromatic nitrogens is 4. The van der Waals surface area contributed by atoms with E-state index in [1.807, 2.05) is 0 Å². The highest BCUT2D eigenvalue weighted by Gasteiger charge is 2.23. The molecule has 2 saturated heterocycles. The van der Waals surface area contributed by atoms with Crippen molar-refractivity contribution in [1.82, 2.24) is 19.1 Å². The van der Waals surface area contributed by atoms with Crippen molar-refractivity contribution < 1.29 is 38.0 Å². The number of pyridine rings is 4. The van der Waals surface area contributed by atoms with Crippen LogP contribution in [0.25, 0.3) is 22.1 Å². The Labute approximate surface area is 294 Å². The maximum atomic E-state index is 12.3. The quantitative estimate of drug-likeness (QED) is 0.302. The summed E-state index contributed by atoms with van der Waals surface area (Å²) < 4.78 is 35.4. The molecule has 2 amide bonds. The monoisotopic (exact) mass is 708 g/mol. The lowest BCUT2D eigenvalue weighted by atomic mass is 10.2. The topological polar surface area (TPSA) is 175 Å². The molecular weight excluding hydrogens is 664 g/mol. The summed E-state index contributed by atoms with van der Waals surface area (Å²) in [6.07, 6.45) is 1.08. The molecule has 0 radical (unpaired) electrons. The highest BCUT2D eigenvalue weighted by molar-refractivity contribution is 5.90. The van der Waals surface area contributed by atoms with Crippen LogP contribution in [0, 0.1) is 0 Å². The van der Waals surface area contributed by atoms with Gasteiger partial charge in [0.05, 0.1) is 85.4 Å². The molecule has 6 rings (SSSR count). The fourth-order valence-corrected chi connectivity index (χ4v) is 5.13. The van der Waals surface area contributed by atoms with Crippen LogP contribution >= 0.6 is 0 Å². The number of rotatable bonds is 6. The molecule has 0 aromatic carbocycles. The Morgan fingerprint density at radius 1 is 0.765 bits per heavy atom. The van der Waals surface area contributed by atoms with Gasteiger partial charge in [0.1, 0.15) is 11.2 Å². The number of ether oxygens (including phenoxy) is 6. The normalized spacial score (nSPS) is 15.4. The number of hydrogen-bond donors (Lipinski definition) is 1. The van der Waals surface area contributed by atoms with E-state index < -0.39 is 36.0 Å². The number of anilines is 2. The fraction of sp³-hybridized carbons (Fsp3) is 0.486. The zero-order chi connectivity index (χ0) is 36.9. The Morgan fingerprint density at radius 2 is 1.24 bits per heavy atom. The third-order valence-corrected chi connectivity index (χ3v) is 7.41. The second kappa shape index (κ2) is 15.6. The number of carbonyl (C=O) groups is 2. The summed E-state index contributed by atoms with van der Waals surface area (Å²) in [5, 5.41) is 2.63. The van der Waals surface area contributed by atoms with Crippen LogP contribution in [0.3, 0.4) is 0 Å². The van der Waals surface area contributed by atoms with Gasteiger partial charge in [-0.2, -0.15) is 0 Å². The van der Waals surface area contributed by atoms with E-state index in [0.717, 1.165) is 0 Å². The van der Waals surface area contributed by atoms with Gasteiger partial charge in [0.15, 0.2) is 12.6 Å². The second-order valence-corrected chi connectivity index (χ2v) is 13.8. The van der Waals surface area contributed by atoms with E-state index >= 15 is 0 Å². The van der Waals surface area contributed by atoms with Gasteiger partial charge in [-0.05, 0) is 65.8 Å². The molecule has 274 valence electrons. The summed E-state index contributed by atoms with van der Waals surface area (Å²) in [7, 11) is 1.60. The Morgan fingerprint density at radius 3 is 1.73 bits per heavy atom. The van der Waals surface area contributed by atoms with Gasteiger partial charge in [-0.25, -0.2) is 9.59 Å². The first-order valence-electron chi connectivity index (χ1n) is 16.5. The molecule has 2 fully saturated rings. The molecule has 0 bridgehead atoms.